The summed E-state index contributed by atoms with van der Waals surface area (Å²) in [4.78, 5) is 18.9. The largest absolute Gasteiger partial charge is 0.377 e. The van der Waals surface area contributed by atoms with Gasteiger partial charge >= 0.3 is 0 Å². The van der Waals surface area contributed by atoms with E-state index in [9.17, 15) is 4.79 Å². The molecule has 3 rings (SSSR count). The zero-order valence-corrected chi connectivity index (χ0v) is 14.3. The van der Waals surface area contributed by atoms with E-state index in [0.717, 1.165) is 18.5 Å². The van der Waals surface area contributed by atoms with Crippen molar-refractivity contribution in [1.82, 2.24) is 24.8 Å². The minimum Gasteiger partial charge on any atom is -0.377 e. The molecule has 1 fully saturated rings. The Bertz CT molecular complexity index is 678. The molecule has 0 aliphatic carbocycles. The number of hydrogen-bond acceptors (Lipinski definition) is 6. The molecule has 1 aliphatic heterocycles. The van der Waals surface area contributed by atoms with Crippen molar-refractivity contribution in [3.05, 3.63) is 29.7 Å². The summed E-state index contributed by atoms with van der Waals surface area (Å²) >= 11 is 0. The van der Waals surface area contributed by atoms with Crippen molar-refractivity contribution >= 4 is 5.91 Å². The van der Waals surface area contributed by atoms with Gasteiger partial charge in [-0.3, -0.25) is 9.48 Å². The van der Waals surface area contributed by atoms with Gasteiger partial charge in [0, 0.05) is 12.2 Å². The topological polar surface area (TPSA) is 86.3 Å². The van der Waals surface area contributed by atoms with Gasteiger partial charge in [-0.1, -0.05) is 19.0 Å². The number of carbonyl (C=O) groups is 1. The predicted molar refractivity (Wildman–Crippen MR) is 85.5 cm³/mol. The molecule has 0 radical (unpaired) electrons. The average Bonchev–Trinajstić information content (AvgIpc) is 3.26. The molecule has 130 valence electrons. The number of amides is 1. The first-order valence-corrected chi connectivity index (χ1v) is 8.36. The van der Waals surface area contributed by atoms with E-state index >= 15 is 0 Å². The van der Waals surface area contributed by atoms with Crippen LogP contribution in [0.25, 0.3) is 0 Å². The van der Waals surface area contributed by atoms with E-state index in [2.05, 4.69) is 29.1 Å². The fourth-order valence-electron chi connectivity index (χ4n) is 3.18. The molecule has 0 bridgehead atoms. The molecule has 2 aromatic heterocycles. The molecule has 1 saturated heterocycles. The minimum atomic E-state index is -0.333. The van der Waals surface area contributed by atoms with Crippen LogP contribution < -0.4 is 0 Å². The first kappa shape index (κ1) is 16.6. The normalized spacial score (nSPS) is 18.3. The Labute approximate surface area is 140 Å². The number of aromatic nitrogens is 4. The second-order valence-electron chi connectivity index (χ2n) is 5.94. The van der Waals surface area contributed by atoms with Crippen molar-refractivity contribution in [1.29, 1.82) is 0 Å². The van der Waals surface area contributed by atoms with Crippen LogP contribution in [0.3, 0.4) is 0 Å². The molecular formula is C16H23N5O3. The summed E-state index contributed by atoms with van der Waals surface area (Å²) in [5, 5.41) is 8.32. The van der Waals surface area contributed by atoms with Gasteiger partial charge in [-0.05, 0) is 19.8 Å². The van der Waals surface area contributed by atoms with Crippen LogP contribution in [0.1, 0.15) is 60.6 Å². The highest BCUT2D eigenvalue weighted by Crippen LogP contribution is 2.26. The Balaban J connectivity index is 1.87. The molecule has 3 heterocycles. The maximum absolute atomic E-state index is 13.1. The third kappa shape index (κ3) is 2.93. The number of morpholine rings is 1. The summed E-state index contributed by atoms with van der Waals surface area (Å²) in [6.07, 6.45) is 4.90. The summed E-state index contributed by atoms with van der Waals surface area (Å²) in [6, 6.07) is -0.0230. The molecule has 0 spiro atoms. The first-order valence-electron chi connectivity index (χ1n) is 8.36. The zero-order chi connectivity index (χ0) is 17.1. The fourth-order valence-corrected chi connectivity index (χ4v) is 3.18. The van der Waals surface area contributed by atoms with Crippen molar-refractivity contribution < 1.29 is 14.1 Å². The van der Waals surface area contributed by atoms with Gasteiger partial charge in [0.05, 0.1) is 31.0 Å². The number of nitrogens with zero attached hydrogens (tertiary/aromatic N) is 5. The van der Waals surface area contributed by atoms with Crippen molar-refractivity contribution in [3.8, 4) is 0 Å². The first-order chi connectivity index (χ1) is 11.7. The van der Waals surface area contributed by atoms with Gasteiger partial charge < -0.3 is 14.2 Å². The number of carbonyl (C=O) groups excluding carboxylic acids is 1. The zero-order valence-electron chi connectivity index (χ0n) is 14.3. The Morgan fingerprint density at radius 2 is 2.21 bits per heavy atom. The van der Waals surface area contributed by atoms with E-state index in [-0.39, 0.29) is 11.9 Å². The highest BCUT2D eigenvalue weighted by Gasteiger charge is 2.33. The van der Waals surface area contributed by atoms with Crippen molar-refractivity contribution in [2.75, 3.05) is 19.8 Å². The van der Waals surface area contributed by atoms with Crippen LogP contribution in [-0.2, 0) is 4.74 Å². The minimum absolute atomic E-state index is 0.0668. The van der Waals surface area contributed by atoms with Gasteiger partial charge in [-0.15, -0.1) is 0 Å². The molecule has 24 heavy (non-hydrogen) atoms. The Kier molecular flexibility index (Phi) is 4.94. The molecule has 1 aliphatic rings. The monoisotopic (exact) mass is 333 g/mol. The molecule has 1 amide bonds. The quantitative estimate of drug-likeness (QED) is 0.833. The highest BCUT2D eigenvalue weighted by molar-refractivity contribution is 5.95. The average molecular weight is 333 g/mol. The Hall–Kier alpha value is -2.22. The van der Waals surface area contributed by atoms with Gasteiger partial charge in [-0.25, -0.2) is 0 Å². The van der Waals surface area contributed by atoms with Crippen LogP contribution in [-0.4, -0.2) is 50.5 Å². The summed E-state index contributed by atoms with van der Waals surface area (Å²) in [5.74, 6) is 0.399. The number of rotatable bonds is 5. The van der Waals surface area contributed by atoms with Gasteiger partial charge in [0.1, 0.15) is 6.04 Å². The van der Waals surface area contributed by atoms with Crippen molar-refractivity contribution in [3.63, 3.8) is 0 Å². The Morgan fingerprint density at radius 1 is 1.42 bits per heavy atom. The van der Waals surface area contributed by atoms with Crippen LogP contribution in [0.5, 0.6) is 0 Å². The highest BCUT2D eigenvalue weighted by atomic mass is 16.5. The van der Waals surface area contributed by atoms with Gasteiger partial charge in [0.15, 0.2) is 5.82 Å². The van der Waals surface area contributed by atoms with Crippen LogP contribution in [0.2, 0.25) is 0 Å². The van der Waals surface area contributed by atoms with Crippen molar-refractivity contribution in [2.45, 2.75) is 45.7 Å². The van der Waals surface area contributed by atoms with Gasteiger partial charge in [0.2, 0.25) is 6.39 Å². The SMILES string of the molecule is CCC(CC)n1ncc(C(=O)N2CCOC[C@H]2c2ncon2)c1C. The summed E-state index contributed by atoms with van der Waals surface area (Å²) in [7, 11) is 0. The van der Waals surface area contributed by atoms with Gasteiger partial charge in [0.25, 0.3) is 5.91 Å². The molecule has 2 aromatic rings. The molecule has 0 N–H and O–H groups in total. The lowest BCUT2D eigenvalue weighted by Crippen LogP contribution is -2.44. The second kappa shape index (κ2) is 7.12. The molecular weight excluding hydrogens is 310 g/mol. The van der Waals surface area contributed by atoms with Crippen LogP contribution in [0.15, 0.2) is 17.1 Å². The van der Waals surface area contributed by atoms with Crippen LogP contribution >= 0.6 is 0 Å². The fraction of sp³-hybridized carbons (Fsp3) is 0.625. The van der Waals surface area contributed by atoms with E-state index in [4.69, 9.17) is 9.26 Å². The van der Waals surface area contributed by atoms with Gasteiger partial charge in [-0.2, -0.15) is 10.1 Å². The summed E-state index contributed by atoms with van der Waals surface area (Å²) in [6.45, 7) is 7.57. The van der Waals surface area contributed by atoms with Crippen molar-refractivity contribution in [2.24, 2.45) is 0 Å². The Morgan fingerprint density at radius 3 is 2.88 bits per heavy atom. The summed E-state index contributed by atoms with van der Waals surface area (Å²) in [5.41, 5.74) is 1.52. The molecule has 0 saturated carbocycles. The van der Waals surface area contributed by atoms with Crippen LogP contribution in [0, 0.1) is 6.92 Å². The molecule has 8 heteroatoms. The summed E-state index contributed by atoms with van der Waals surface area (Å²) < 4.78 is 12.3. The van der Waals surface area contributed by atoms with E-state index in [0.29, 0.717) is 37.2 Å². The number of ether oxygens (including phenoxy) is 1. The van der Waals surface area contributed by atoms with E-state index < -0.39 is 0 Å². The third-order valence-electron chi connectivity index (χ3n) is 4.63. The van der Waals surface area contributed by atoms with E-state index in [1.807, 2.05) is 11.6 Å². The van der Waals surface area contributed by atoms with E-state index in [1.165, 1.54) is 6.39 Å². The lowest BCUT2D eigenvalue weighted by Gasteiger charge is -2.33. The molecule has 0 unspecified atom stereocenters. The maximum atomic E-state index is 13.1. The van der Waals surface area contributed by atoms with E-state index in [1.54, 1.807) is 11.1 Å². The molecule has 0 aromatic carbocycles. The maximum Gasteiger partial charge on any atom is 0.258 e. The van der Waals surface area contributed by atoms with Crippen LogP contribution in [0.4, 0.5) is 0 Å². The second-order valence-corrected chi connectivity index (χ2v) is 5.94. The number of hydrogen-bond donors (Lipinski definition) is 0. The predicted octanol–water partition coefficient (Wildman–Crippen LogP) is 2.15. The lowest BCUT2D eigenvalue weighted by atomic mass is 10.1. The smallest absolute Gasteiger partial charge is 0.258 e. The standard InChI is InChI=1S/C16H23N5O3/c1-4-12(5-2)21-11(3)13(8-18-21)16(22)20-6-7-23-9-14(20)15-17-10-24-19-15/h8,10,12,14H,4-7,9H2,1-3H3/t14-/m0/s1. The molecule has 1 atom stereocenters. The third-order valence-corrected chi connectivity index (χ3v) is 4.63. The molecule has 8 nitrogen and oxygen atoms in total. The lowest BCUT2D eigenvalue weighted by molar-refractivity contribution is -0.00582.